The van der Waals surface area contributed by atoms with Crippen LogP contribution in [-0.4, -0.2) is 22.3 Å². The maximum Gasteiger partial charge on any atom is 0.130 e. The molecule has 1 saturated heterocycles. The molecule has 1 fully saturated rings. The number of hydrogen-bond donors (Lipinski definition) is 1. The fraction of sp³-hybridized carbons (Fsp3) is 0.455. The molecule has 0 amide bonds. The van der Waals surface area contributed by atoms with Gasteiger partial charge < -0.3 is 5.32 Å². The first-order valence-electron chi connectivity index (χ1n) is 5.20. The molecule has 0 saturated carbocycles. The average molecular weight is 245 g/mol. The van der Waals surface area contributed by atoms with E-state index in [1.54, 1.807) is 0 Å². The summed E-state index contributed by atoms with van der Waals surface area (Å²) >= 11 is 0. The Morgan fingerprint density at radius 3 is 2.94 bits per heavy atom. The Morgan fingerprint density at radius 2 is 2.19 bits per heavy atom. The van der Waals surface area contributed by atoms with Crippen molar-refractivity contribution in [1.82, 2.24) is 5.32 Å². The maximum atomic E-state index is 13.5. The third-order valence-electron chi connectivity index (χ3n) is 2.63. The maximum absolute atomic E-state index is 13.5. The van der Waals surface area contributed by atoms with Crippen LogP contribution in [0.5, 0.6) is 0 Å². The molecule has 1 aromatic carbocycles. The predicted octanol–water partition coefficient (Wildman–Crippen LogP) is 1.75. The molecule has 0 aromatic heterocycles. The van der Waals surface area contributed by atoms with E-state index in [9.17, 15) is 13.0 Å². The lowest BCUT2D eigenvalue weighted by atomic mass is 10.1. The fourth-order valence-electron chi connectivity index (χ4n) is 1.82. The number of rotatable bonds is 1. The summed E-state index contributed by atoms with van der Waals surface area (Å²) in [7, 11) is -0.925. The van der Waals surface area contributed by atoms with Crippen LogP contribution in [0.15, 0.2) is 18.2 Å². The number of halogens is 2. The van der Waals surface area contributed by atoms with E-state index >= 15 is 0 Å². The molecule has 88 valence electrons. The van der Waals surface area contributed by atoms with Gasteiger partial charge in [-0.15, -0.1) is 0 Å². The highest BCUT2D eigenvalue weighted by Crippen LogP contribution is 2.20. The van der Waals surface area contributed by atoms with Crippen molar-refractivity contribution in [1.29, 1.82) is 0 Å². The molecule has 2 nitrogen and oxygen atoms in total. The first kappa shape index (κ1) is 11.7. The van der Waals surface area contributed by atoms with Crippen molar-refractivity contribution in [2.24, 2.45) is 0 Å². The number of nitrogens with one attached hydrogen (secondary N) is 1. The molecule has 1 N–H and O–H groups in total. The summed E-state index contributed by atoms with van der Waals surface area (Å²) in [5, 5.41) is 3.13. The van der Waals surface area contributed by atoms with Crippen molar-refractivity contribution in [2.45, 2.75) is 12.5 Å². The van der Waals surface area contributed by atoms with Crippen molar-refractivity contribution < 1.29 is 13.0 Å². The van der Waals surface area contributed by atoms with Gasteiger partial charge in [-0.05, 0) is 19.0 Å². The van der Waals surface area contributed by atoms with E-state index in [-0.39, 0.29) is 6.04 Å². The molecule has 0 radical (unpaired) electrons. The lowest BCUT2D eigenvalue weighted by Crippen LogP contribution is -2.24. The Labute approximate surface area is 95.5 Å². The van der Waals surface area contributed by atoms with Crippen molar-refractivity contribution in [3.05, 3.63) is 35.4 Å². The monoisotopic (exact) mass is 245 g/mol. The molecule has 16 heavy (non-hydrogen) atoms. The van der Waals surface area contributed by atoms with Gasteiger partial charge in [-0.3, -0.25) is 4.21 Å². The van der Waals surface area contributed by atoms with E-state index in [0.717, 1.165) is 12.5 Å². The minimum absolute atomic E-state index is 0.274. The van der Waals surface area contributed by atoms with Crippen molar-refractivity contribution >= 4 is 10.8 Å². The van der Waals surface area contributed by atoms with Gasteiger partial charge in [0.05, 0.1) is 0 Å². The smallest absolute Gasteiger partial charge is 0.130 e. The van der Waals surface area contributed by atoms with Gasteiger partial charge in [0.1, 0.15) is 11.6 Å². The van der Waals surface area contributed by atoms with E-state index in [0.29, 0.717) is 23.6 Å². The lowest BCUT2D eigenvalue weighted by molar-refractivity contribution is 0.525. The average Bonchev–Trinajstić information content (AvgIpc) is 2.43. The van der Waals surface area contributed by atoms with E-state index in [4.69, 9.17) is 0 Å². The van der Waals surface area contributed by atoms with Crippen LogP contribution < -0.4 is 5.32 Å². The summed E-state index contributed by atoms with van der Waals surface area (Å²) in [5.41, 5.74) is 0.400. The highest BCUT2D eigenvalue weighted by molar-refractivity contribution is 7.85. The second kappa shape index (κ2) is 5.01. The molecule has 0 aliphatic carbocycles. The highest BCUT2D eigenvalue weighted by atomic mass is 32.2. The van der Waals surface area contributed by atoms with E-state index in [1.165, 1.54) is 12.1 Å². The molecule has 1 aliphatic rings. The van der Waals surface area contributed by atoms with Crippen LogP contribution in [-0.2, 0) is 10.8 Å². The molecule has 1 heterocycles. The third-order valence-corrected chi connectivity index (χ3v) is 4.08. The van der Waals surface area contributed by atoms with Gasteiger partial charge in [0.15, 0.2) is 0 Å². The second-order valence-corrected chi connectivity index (χ2v) is 5.46. The molecule has 2 unspecified atom stereocenters. The minimum atomic E-state index is -0.925. The zero-order valence-electron chi connectivity index (χ0n) is 8.71. The molecule has 1 aromatic rings. The first-order chi connectivity index (χ1) is 7.66. The van der Waals surface area contributed by atoms with Crippen molar-refractivity contribution in [2.75, 3.05) is 18.1 Å². The predicted molar refractivity (Wildman–Crippen MR) is 59.6 cm³/mol. The lowest BCUT2D eigenvalue weighted by Gasteiger charge is -2.16. The molecular weight excluding hydrogens is 232 g/mol. The van der Waals surface area contributed by atoms with Crippen molar-refractivity contribution in [3.63, 3.8) is 0 Å². The summed E-state index contributed by atoms with van der Waals surface area (Å²) in [4.78, 5) is 0. The molecular formula is C11H13F2NOS. The largest absolute Gasteiger partial charge is 0.309 e. The zero-order chi connectivity index (χ0) is 11.5. The van der Waals surface area contributed by atoms with E-state index in [1.807, 2.05) is 0 Å². The summed E-state index contributed by atoms with van der Waals surface area (Å²) < 4.78 is 37.8. The standard InChI is InChI=1S/C11H13F2NOS/c12-8-2-3-9(10(13)6-8)11-7-16(15)5-1-4-14-11/h2-3,6,11,14H,1,4-5,7H2. The van der Waals surface area contributed by atoms with Gasteiger partial charge in [0.25, 0.3) is 0 Å². The van der Waals surface area contributed by atoms with Gasteiger partial charge in [-0.1, -0.05) is 6.07 Å². The van der Waals surface area contributed by atoms with E-state index < -0.39 is 22.4 Å². The summed E-state index contributed by atoms with van der Waals surface area (Å²) in [6.45, 7) is 0.715. The van der Waals surface area contributed by atoms with Crippen LogP contribution in [0, 0.1) is 11.6 Å². The topological polar surface area (TPSA) is 29.1 Å². The Bertz CT molecular complexity index is 411. The highest BCUT2D eigenvalue weighted by Gasteiger charge is 2.20. The molecule has 2 atom stereocenters. The SMILES string of the molecule is O=S1CCCNC(c2ccc(F)cc2F)C1. The second-order valence-electron chi connectivity index (χ2n) is 3.84. The third kappa shape index (κ3) is 2.65. The minimum Gasteiger partial charge on any atom is -0.309 e. The molecule has 0 spiro atoms. The van der Waals surface area contributed by atoms with Crippen molar-refractivity contribution in [3.8, 4) is 0 Å². The van der Waals surface area contributed by atoms with E-state index in [2.05, 4.69) is 5.32 Å². The van der Waals surface area contributed by atoms with Crippen LogP contribution in [0.25, 0.3) is 0 Å². The van der Waals surface area contributed by atoms with Crippen LogP contribution in [0.3, 0.4) is 0 Å². The fourth-order valence-corrected chi connectivity index (χ4v) is 3.12. The normalized spacial score (nSPS) is 26.4. The first-order valence-corrected chi connectivity index (χ1v) is 6.69. The molecule has 0 bridgehead atoms. The number of benzene rings is 1. The van der Waals surface area contributed by atoms with Crippen LogP contribution >= 0.6 is 0 Å². The Hall–Kier alpha value is -0.810. The quantitative estimate of drug-likeness (QED) is 0.816. The van der Waals surface area contributed by atoms with Crippen LogP contribution in [0.1, 0.15) is 18.0 Å². The molecule has 2 rings (SSSR count). The van der Waals surface area contributed by atoms with Gasteiger partial charge in [0.2, 0.25) is 0 Å². The zero-order valence-corrected chi connectivity index (χ0v) is 9.53. The van der Waals surface area contributed by atoms with Gasteiger partial charge in [0, 0.05) is 40.0 Å². The van der Waals surface area contributed by atoms with Crippen LogP contribution in [0.2, 0.25) is 0 Å². The Balaban J connectivity index is 2.24. The summed E-state index contributed by atoms with van der Waals surface area (Å²) in [5.74, 6) is -0.123. The summed E-state index contributed by atoms with van der Waals surface area (Å²) in [6.07, 6.45) is 0.825. The molecule has 1 aliphatic heterocycles. The van der Waals surface area contributed by atoms with Gasteiger partial charge >= 0.3 is 0 Å². The Morgan fingerprint density at radius 1 is 1.38 bits per heavy atom. The summed E-state index contributed by atoms with van der Waals surface area (Å²) in [6, 6.07) is 3.24. The number of hydrogen-bond acceptors (Lipinski definition) is 2. The van der Waals surface area contributed by atoms with Gasteiger partial charge in [-0.25, -0.2) is 8.78 Å². The molecule has 5 heteroatoms. The van der Waals surface area contributed by atoms with Gasteiger partial charge in [-0.2, -0.15) is 0 Å². The Kier molecular flexibility index (Phi) is 3.66. The van der Waals surface area contributed by atoms with Crippen LogP contribution in [0.4, 0.5) is 8.78 Å².